The van der Waals surface area contributed by atoms with Crippen molar-refractivity contribution in [2.45, 2.75) is 55.3 Å². The zero-order chi connectivity index (χ0) is 23.7. The van der Waals surface area contributed by atoms with E-state index in [2.05, 4.69) is 10.2 Å². The lowest BCUT2D eigenvalue weighted by Crippen LogP contribution is -2.78. The van der Waals surface area contributed by atoms with Gasteiger partial charge in [0.2, 0.25) is 5.91 Å². The number of nitrogens with one attached hydrogen (secondary N) is 1. The van der Waals surface area contributed by atoms with Crippen molar-refractivity contribution < 1.29 is 34.4 Å². The van der Waals surface area contributed by atoms with Crippen molar-refractivity contribution in [1.29, 1.82) is 0 Å². The summed E-state index contributed by atoms with van der Waals surface area (Å²) in [4.78, 5) is 29.2. The summed E-state index contributed by atoms with van der Waals surface area (Å²) in [5.41, 5.74) is -0.480. The highest BCUT2D eigenvalue weighted by Gasteiger charge is 2.75. The first kappa shape index (κ1) is 22.3. The van der Waals surface area contributed by atoms with Gasteiger partial charge in [-0.05, 0) is 56.2 Å². The number of aromatic hydroxyl groups is 1. The van der Waals surface area contributed by atoms with Crippen LogP contribution in [0.4, 0.5) is 0 Å². The second kappa shape index (κ2) is 7.91. The average molecular weight is 473 g/mol. The molecule has 9 heteroatoms. The van der Waals surface area contributed by atoms with Gasteiger partial charge in [-0.1, -0.05) is 6.07 Å². The van der Waals surface area contributed by atoms with E-state index >= 15 is 0 Å². The van der Waals surface area contributed by atoms with E-state index in [0.717, 1.165) is 24.2 Å². The third-order valence-corrected chi connectivity index (χ3v) is 8.73. The first-order valence-corrected chi connectivity index (χ1v) is 12.4. The van der Waals surface area contributed by atoms with Crippen LogP contribution in [0.5, 0.6) is 11.5 Å². The summed E-state index contributed by atoms with van der Waals surface area (Å²) >= 11 is 0. The number of aliphatic hydroxyl groups excluding tert-OH is 1. The minimum atomic E-state index is -1.32. The Balaban J connectivity index is 1.36. The van der Waals surface area contributed by atoms with Gasteiger partial charge in [-0.25, -0.2) is 0 Å². The van der Waals surface area contributed by atoms with E-state index in [-0.39, 0.29) is 50.4 Å². The number of aliphatic hydroxyl groups is 2. The van der Waals surface area contributed by atoms with Crippen molar-refractivity contribution in [3.8, 4) is 11.5 Å². The number of hydrogen-bond donors (Lipinski definition) is 4. The normalized spacial score (nSPS) is 35.6. The highest BCUT2D eigenvalue weighted by molar-refractivity contribution is 6.06. The third-order valence-electron chi connectivity index (χ3n) is 8.73. The molecule has 3 aliphatic carbocycles. The van der Waals surface area contributed by atoms with Gasteiger partial charge in [-0.2, -0.15) is 0 Å². The molecule has 5 aliphatic rings. The molecular formula is C25H32N2O7. The van der Waals surface area contributed by atoms with Crippen LogP contribution in [0.25, 0.3) is 0 Å². The molecule has 2 heterocycles. The van der Waals surface area contributed by atoms with Crippen molar-refractivity contribution >= 4 is 11.7 Å². The van der Waals surface area contributed by atoms with Crippen LogP contribution >= 0.6 is 0 Å². The van der Waals surface area contributed by atoms with E-state index < -0.39 is 28.9 Å². The summed E-state index contributed by atoms with van der Waals surface area (Å²) in [6.45, 7) is 2.18. The van der Waals surface area contributed by atoms with Crippen LogP contribution in [-0.4, -0.2) is 89.1 Å². The SMILES string of the molecule is O=C(NCCOCCO)C1C[C@@]2(O)[C@H]3Cc4ccc(O)c5c4[C@@]2(CCN3CC2CC2)[C@@H](O5)C1=O. The van der Waals surface area contributed by atoms with Gasteiger partial charge in [0.1, 0.15) is 5.92 Å². The van der Waals surface area contributed by atoms with Gasteiger partial charge in [0.25, 0.3) is 0 Å². The number of hydrogen-bond acceptors (Lipinski definition) is 8. The van der Waals surface area contributed by atoms with Gasteiger partial charge in [0.05, 0.1) is 30.8 Å². The fourth-order valence-corrected chi connectivity index (χ4v) is 7.06. The van der Waals surface area contributed by atoms with Gasteiger partial charge in [-0.15, -0.1) is 0 Å². The Labute approximate surface area is 198 Å². The molecule has 184 valence electrons. The standard InChI is InChI=1S/C25H32N2O7/c28-8-10-33-9-6-26-23(31)16-12-25(32)18-11-15-3-4-17(29)21-19(15)24(25,22(34-21)20(16)30)5-7-27(18)13-14-1-2-14/h3-4,14,16,18,22,28-29,32H,1-2,5-13H2,(H,26,31)/t16?,18-,22+,24+,25-/m1/s1. The molecule has 2 saturated carbocycles. The van der Waals surface area contributed by atoms with Crippen LogP contribution in [0.15, 0.2) is 12.1 Å². The molecule has 0 aromatic heterocycles. The van der Waals surface area contributed by atoms with Gasteiger partial charge in [0.15, 0.2) is 23.4 Å². The van der Waals surface area contributed by atoms with Crippen molar-refractivity contribution in [3.63, 3.8) is 0 Å². The first-order chi connectivity index (χ1) is 16.4. The number of piperidine rings is 1. The number of rotatable bonds is 8. The topological polar surface area (TPSA) is 129 Å². The van der Waals surface area contributed by atoms with Crippen LogP contribution in [0.3, 0.4) is 0 Å². The zero-order valence-corrected chi connectivity index (χ0v) is 19.2. The van der Waals surface area contributed by atoms with Crippen LogP contribution in [0, 0.1) is 11.8 Å². The molecule has 4 N–H and O–H groups in total. The number of benzene rings is 1. The number of Topliss-reactive ketones (excluding diaryl/α,β-unsaturated/α-hetero) is 1. The Kier molecular flexibility index (Phi) is 5.18. The number of nitrogens with zero attached hydrogens (tertiary/aromatic N) is 1. The lowest BCUT2D eigenvalue weighted by Gasteiger charge is -2.63. The molecule has 1 unspecified atom stereocenters. The number of carbonyl (C=O) groups excluding carboxylic acids is 2. The molecule has 2 bridgehead atoms. The summed E-state index contributed by atoms with van der Waals surface area (Å²) in [6, 6.07) is 3.28. The van der Waals surface area contributed by atoms with Crippen LogP contribution in [-0.2, 0) is 26.2 Å². The van der Waals surface area contributed by atoms with Gasteiger partial charge in [-0.3, -0.25) is 14.5 Å². The molecular weight excluding hydrogens is 440 g/mol. The summed E-state index contributed by atoms with van der Waals surface area (Å²) < 4.78 is 11.3. The number of phenolic OH excluding ortho intramolecular Hbond substituents is 1. The maximum absolute atomic E-state index is 13.7. The van der Waals surface area contributed by atoms with E-state index in [1.165, 1.54) is 12.8 Å². The Morgan fingerprint density at radius 3 is 2.88 bits per heavy atom. The Hall–Kier alpha value is -2.20. The van der Waals surface area contributed by atoms with E-state index in [1.807, 2.05) is 6.07 Å². The van der Waals surface area contributed by atoms with Gasteiger partial charge >= 0.3 is 0 Å². The molecule has 1 spiro atoms. The van der Waals surface area contributed by atoms with Crippen molar-refractivity contribution in [3.05, 3.63) is 23.3 Å². The van der Waals surface area contributed by atoms with Crippen molar-refractivity contribution in [2.75, 3.05) is 39.5 Å². The fraction of sp³-hybridized carbons (Fsp3) is 0.680. The second-order valence-corrected chi connectivity index (χ2v) is 10.5. The molecule has 5 atom stereocenters. The molecule has 2 aliphatic heterocycles. The molecule has 1 saturated heterocycles. The van der Waals surface area contributed by atoms with Crippen molar-refractivity contribution in [1.82, 2.24) is 10.2 Å². The second-order valence-electron chi connectivity index (χ2n) is 10.5. The molecule has 1 amide bonds. The van der Waals surface area contributed by atoms with Crippen LogP contribution in [0.2, 0.25) is 0 Å². The summed E-state index contributed by atoms with van der Waals surface area (Å²) in [5.74, 6) is -0.908. The molecule has 9 nitrogen and oxygen atoms in total. The van der Waals surface area contributed by atoms with Crippen molar-refractivity contribution in [2.24, 2.45) is 11.8 Å². The quantitative estimate of drug-likeness (QED) is 0.305. The number of carbonyl (C=O) groups is 2. The summed E-state index contributed by atoms with van der Waals surface area (Å²) in [7, 11) is 0. The Bertz CT molecular complexity index is 1030. The number of likely N-dealkylation sites (tertiary alicyclic amines) is 1. The number of phenols is 1. The summed E-state index contributed by atoms with van der Waals surface area (Å²) in [5, 5.41) is 34.6. The lowest BCUT2D eigenvalue weighted by atomic mass is 9.47. The minimum Gasteiger partial charge on any atom is -0.504 e. The highest BCUT2D eigenvalue weighted by atomic mass is 16.5. The molecule has 3 fully saturated rings. The van der Waals surface area contributed by atoms with Crippen LogP contribution < -0.4 is 10.1 Å². The van der Waals surface area contributed by atoms with Gasteiger partial charge < -0.3 is 30.1 Å². The lowest BCUT2D eigenvalue weighted by molar-refractivity contribution is -0.198. The maximum atomic E-state index is 13.7. The molecule has 34 heavy (non-hydrogen) atoms. The van der Waals surface area contributed by atoms with E-state index in [0.29, 0.717) is 24.5 Å². The predicted molar refractivity (Wildman–Crippen MR) is 120 cm³/mol. The Morgan fingerprint density at radius 1 is 1.29 bits per heavy atom. The largest absolute Gasteiger partial charge is 0.504 e. The van der Waals surface area contributed by atoms with E-state index in [9.17, 15) is 19.8 Å². The van der Waals surface area contributed by atoms with E-state index in [4.69, 9.17) is 14.6 Å². The number of ketones is 1. The zero-order valence-electron chi connectivity index (χ0n) is 19.2. The molecule has 1 aromatic carbocycles. The fourth-order valence-electron chi connectivity index (χ4n) is 7.06. The van der Waals surface area contributed by atoms with E-state index in [1.54, 1.807) is 6.07 Å². The minimum absolute atomic E-state index is 0.0291. The highest BCUT2D eigenvalue weighted by Crippen LogP contribution is 2.65. The third kappa shape index (κ3) is 3.00. The van der Waals surface area contributed by atoms with Crippen LogP contribution in [0.1, 0.15) is 36.8 Å². The van der Waals surface area contributed by atoms with Gasteiger partial charge in [0, 0.05) is 24.7 Å². The predicted octanol–water partition coefficient (Wildman–Crippen LogP) is -0.123. The average Bonchev–Trinajstić information content (AvgIpc) is 3.55. The monoisotopic (exact) mass is 472 g/mol. The Morgan fingerprint density at radius 2 is 2.12 bits per heavy atom. The summed E-state index contributed by atoms with van der Waals surface area (Å²) in [6.07, 6.45) is 2.59. The maximum Gasteiger partial charge on any atom is 0.230 e. The molecule has 0 radical (unpaired) electrons. The number of amides is 1. The molecule has 6 rings (SSSR count). The number of ether oxygens (including phenoxy) is 2. The first-order valence-electron chi connectivity index (χ1n) is 12.4. The molecule has 1 aromatic rings. The smallest absolute Gasteiger partial charge is 0.230 e.